The average molecular weight is 201 g/mol. The van der Waals surface area contributed by atoms with Crippen LogP contribution in [0.3, 0.4) is 0 Å². The molecular weight excluding hydrogens is 182 g/mol. The third kappa shape index (κ3) is 2.96. The van der Waals surface area contributed by atoms with Gasteiger partial charge in [-0.25, -0.2) is 0 Å². The highest BCUT2D eigenvalue weighted by Gasteiger charge is 2.31. The molecule has 4 heteroatoms. The molecule has 1 rings (SSSR count). The van der Waals surface area contributed by atoms with Crippen LogP contribution >= 0.6 is 0 Å². The third-order valence-electron chi connectivity index (χ3n) is 2.75. The molecule has 0 radical (unpaired) electrons. The molecule has 0 aromatic carbocycles. The lowest BCUT2D eigenvalue weighted by Gasteiger charge is -2.34. The Bertz CT molecular complexity index is 207. The van der Waals surface area contributed by atoms with Crippen LogP contribution in [0.5, 0.6) is 0 Å². The van der Waals surface area contributed by atoms with Gasteiger partial charge in [0, 0.05) is 19.6 Å². The Balaban J connectivity index is 2.41. The number of piperidine rings is 1. The van der Waals surface area contributed by atoms with Crippen molar-refractivity contribution in [2.45, 2.75) is 32.8 Å². The maximum Gasteiger partial charge on any atom is 0.310 e. The quantitative estimate of drug-likeness (QED) is 0.700. The lowest BCUT2D eigenvalue weighted by Crippen LogP contribution is -2.44. The Morgan fingerprint density at radius 1 is 1.43 bits per heavy atom. The number of aliphatic carboxylic acids is 1. The summed E-state index contributed by atoms with van der Waals surface area (Å²) in [7, 11) is 0. The van der Waals surface area contributed by atoms with Crippen LogP contribution in [0.15, 0.2) is 0 Å². The van der Waals surface area contributed by atoms with E-state index in [1.807, 2.05) is 0 Å². The number of carboxylic acids is 1. The molecule has 0 aromatic rings. The Morgan fingerprint density at radius 3 is 2.36 bits per heavy atom. The lowest BCUT2D eigenvalue weighted by molar-refractivity contribution is -0.148. The minimum atomic E-state index is -0.761. The molecule has 0 amide bonds. The number of carbonyl (C=O) groups is 1. The first kappa shape index (κ1) is 11.5. The van der Waals surface area contributed by atoms with Gasteiger partial charge >= 0.3 is 5.97 Å². The molecular formula is C10H19NO3. The van der Waals surface area contributed by atoms with Crippen LogP contribution in [0, 0.1) is 5.41 Å². The van der Waals surface area contributed by atoms with Gasteiger partial charge in [-0.15, -0.1) is 0 Å². The molecule has 0 unspecified atom stereocenters. The van der Waals surface area contributed by atoms with Crippen molar-refractivity contribution in [3.05, 3.63) is 0 Å². The Morgan fingerprint density at radius 2 is 1.93 bits per heavy atom. The number of carboxylic acid groups (broad SMARTS) is 1. The average Bonchev–Trinajstić information content (AvgIpc) is 2.08. The van der Waals surface area contributed by atoms with Crippen LogP contribution in [-0.4, -0.2) is 46.8 Å². The van der Waals surface area contributed by atoms with Crippen molar-refractivity contribution in [1.29, 1.82) is 0 Å². The zero-order valence-electron chi connectivity index (χ0n) is 8.86. The number of aliphatic hydroxyl groups excluding tert-OH is 1. The summed E-state index contributed by atoms with van der Waals surface area (Å²) in [5, 5.41) is 18.2. The smallest absolute Gasteiger partial charge is 0.310 e. The van der Waals surface area contributed by atoms with Gasteiger partial charge in [0.05, 0.1) is 11.5 Å². The molecule has 0 saturated carbocycles. The molecule has 1 aliphatic rings. The molecule has 1 saturated heterocycles. The zero-order valence-corrected chi connectivity index (χ0v) is 8.86. The topological polar surface area (TPSA) is 60.8 Å². The van der Waals surface area contributed by atoms with Crippen molar-refractivity contribution in [1.82, 2.24) is 4.90 Å². The largest absolute Gasteiger partial charge is 0.481 e. The fourth-order valence-electron chi connectivity index (χ4n) is 1.70. The molecule has 0 bridgehead atoms. The van der Waals surface area contributed by atoms with E-state index in [1.54, 1.807) is 13.8 Å². The van der Waals surface area contributed by atoms with Crippen LogP contribution < -0.4 is 0 Å². The molecule has 0 atom stereocenters. The summed E-state index contributed by atoms with van der Waals surface area (Å²) >= 11 is 0. The van der Waals surface area contributed by atoms with E-state index in [2.05, 4.69) is 4.90 Å². The van der Waals surface area contributed by atoms with Crippen molar-refractivity contribution in [3.63, 3.8) is 0 Å². The van der Waals surface area contributed by atoms with E-state index in [0.29, 0.717) is 6.54 Å². The van der Waals surface area contributed by atoms with Crippen LogP contribution in [0.1, 0.15) is 26.7 Å². The molecule has 82 valence electrons. The van der Waals surface area contributed by atoms with Crippen LogP contribution in [-0.2, 0) is 4.79 Å². The highest BCUT2D eigenvalue weighted by atomic mass is 16.4. The van der Waals surface area contributed by atoms with E-state index in [9.17, 15) is 9.90 Å². The van der Waals surface area contributed by atoms with Crippen molar-refractivity contribution in [2.24, 2.45) is 5.41 Å². The summed E-state index contributed by atoms with van der Waals surface area (Å²) < 4.78 is 0. The van der Waals surface area contributed by atoms with Crippen molar-refractivity contribution >= 4 is 5.97 Å². The molecule has 0 spiro atoms. The maximum atomic E-state index is 10.9. The number of nitrogens with zero attached hydrogens (tertiary/aromatic N) is 1. The van der Waals surface area contributed by atoms with Crippen molar-refractivity contribution in [2.75, 3.05) is 19.6 Å². The van der Waals surface area contributed by atoms with E-state index < -0.39 is 11.4 Å². The molecule has 1 heterocycles. The summed E-state index contributed by atoms with van der Waals surface area (Å²) in [6.45, 7) is 5.64. The number of aliphatic hydroxyl groups is 1. The Labute approximate surface area is 84.5 Å². The van der Waals surface area contributed by atoms with E-state index in [1.165, 1.54) is 0 Å². The van der Waals surface area contributed by atoms with Gasteiger partial charge in [-0.3, -0.25) is 4.79 Å². The van der Waals surface area contributed by atoms with E-state index in [-0.39, 0.29) is 6.10 Å². The van der Waals surface area contributed by atoms with Crippen molar-refractivity contribution < 1.29 is 15.0 Å². The number of rotatable bonds is 3. The summed E-state index contributed by atoms with van der Waals surface area (Å²) in [5.41, 5.74) is -0.692. The second-order valence-electron chi connectivity index (χ2n) is 4.70. The molecule has 1 aliphatic heterocycles. The van der Waals surface area contributed by atoms with Gasteiger partial charge < -0.3 is 15.1 Å². The number of likely N-dealkylation sites (tertiary alicyclic amines) is 1. The van der Waals surface area contributed by atoms with E-state index in [0.717, 1.165) is 25.9 Å². The van der Waals surface area contributed by atoms with Gasteiger partial charge in [0.2, 0.25) is 0 Å². The highest BCUT2D eigenvalue weighted by Crippen LogP contribution is 2.20. The fourth-order valence-corrected chi connectivity index (χ4v) is 1.70. The van der Waals surface area contributed by atoms with Crippen LogP contribution in [0.2, 0.25) is 0 Å². The Hall–Kier alpha value is -0.610. The lowest BCUT2D eigenvalue weighted by atomic mass is 9.92. The first-order chi connectivity index (χ1) is 6.42. The minimum Gasteiger partial charge on any atom is -0.481 e. The minimum absolute atomic E-state index is 0.195. The van der Waals surface area contributed by atoms with E-state index in [4.69, 9.17) is 5.11 Å². The van der Waals surface area contributed by atoms with Gasteiger partial charge in [-0.05, 0) is 26.7 Å². The Kier molecular flexibility index (Phi) is 3.50. The first-order valence-electron chi connectivity index (χ1n) is 5.05. The molecule has 0 aromatic heterocycles. The molecule has 0 aliphatic carbocycles. The zero-order chi connectivity index (χ0) is 10.8. The summed E-state index contributed by atoms with van der Waals surface area (Å²) in [6.07, 6.45) is 1.32. The predicted octanol–water partition coefficient (Wildman–Crippen LogP) is 0.554. The van der Waals surface area contributed by atoms with Gasteiger partial charge in [0.25, 0.3) is 0 Å². The van der Waals surface area contributed by atoms with Gasteiger partial charge in [-0.2, -0.15) is 0 Å². The van der Waals surface area contributed by atoms with Gasteiger partial charge in [0.1, 0.15) is 0 Å². The van der Waals surface area contributed by atoms with Crippen LogP contribution in [0.4, 0.5) is 0 Å². The standard InChI is InChI=1S/C10H19NO3/c1-10(2,9(13)14)7-11-5-3-8(12)4-6-11/h8,12H,3-7H2,1-2H3,(H,13,14). The monoisotopic (exact) mass is 201 g/mol. The summed E-state index contributed by atoms with van der Waals surface area (Å²) in [6, 6.07) is 0. The molecule has 1 fully saturated rings. The normalized spacial score (nSPS) is 21.1. The number of hydrogen-bond acceptors (Lipinski definition) is 3. The molecule has 14 heavy (non-hydrogen) atoms. The van der Waals surface area contributed by atoms with Crippen LogP contribution in [0.25, 0.3) is 0 Å². The summed E-state index contributed by atoms with van der Waals surface area (Å²) in [4.78, 5) is 13.0. The molecule has 4 nitrogen and oxygen atoms in total. The fraction of sp³-hybridized carbons (Fsp3) is 0.900. The molecule has 2 N–H and O–H groups in total. The first-order valence-corrected chi connectivity index (χ1v) is 5.05. The van der Waals surface area contributed by atoms with Gasteiger partial charge in [-0.1, -0.05) is 0 Å². The number of hydrogen-bond donors (Lipinski definition) is 2. The second kappa shape index (κ2) is 4.28. The van der Waals surface area contributed by atoms with Crippen molar-refractivity contribution in [3.8, 4) is 0 Å². The third-order valence-corrected chi connectivity index (χ3v) is 2.75. The predicted molar refractivity (Wildman–Crippen MR) is 53.1 cm³/mol. The van der Waals surface area contributed by atoms with Gasteiger partial charge in [0.15, 0.2) is 0 Å². The SMILES string of the molecule is CC(C)(CN1CCC(O)CC1)C(=O)O. The summed E-state index contributed by atoms with van der Waals surface area (Å²) in [5.74, 6) is -0.761. The van der Waals surface area contributed by atoms with E-state index >= 15 is 0 Å². The highest BCUT2D eigenvalue weighted by molar-refractivity contribution is 5.73. The maximum absolute atomic E-state index is 10.9. The second-order valence-corrected chi connectivity index (χ2v) is 4.70.